The summed E-state index contributed by atoms with van der Waals surface area (Å²) in [5.41, 5.74) is 0.850. The van der Waals surface area contributed by atoms with E-state index in [2.05, 4.69) is 5.10 Å². The van der Waals surface area contributed by atoms with Crippen LogP contribution in [0.3, 0.4) is 0 Å². The summed E-state index contributed by atoms with van der Waals surface area (Å²) in [6, 6.07) is 0. The van der Waals surface area contributed by atoms with Crippen molar-refractivity contribution in [2.24, 2.45) is 0 Å². The molecule has 0 saturated heterocycles. The third-order valence-electron chi connectivity index (χ3n) is 3.04. The highest BCUT2D eigenvalue weighted by molar-refractivity contribution is 5.69. The molecule has 0 radical (unpaired) electrons. The number of nitrogens with zero attached hydrogens (tertiary/aromatic N) is 3. The van der Waals surface area contributed by atoms with E-state index in [1.54, 1.807) is 20.8 Å². The van der Waals surface area contributed by atoms with Crippen LogP contribution in [0.5, 0.6) is 0 Å². The molecule has 21 heavy (non-hydrogen) atoms. The molecule has 1 atom stereocenters. The highest BCUT2D eigenvalue weighted by Gasteiger charge is 2.26. The van der Waals surface area contributed by atoms with Gasteiger partial charge >= 0.3 is 11.7 Å². The average Bonchev–Trinajstić information content (AvgIpc) is 2.76. The minimum atomic E-state index is -0.987. The zero-order chi connectivity index (χ0) is 16.0. The summed E-state index contributed by atoms with van der Waals surface area (Å²) in [6.45, 7) is 5.54. The Hall–Kier alpha value is -1.96. The van der Waals surface area contributed by atoms with Crippen LogP contribution in [0.15, 0.2) is 0 Å². The Morgan fingerprint density at radius 3 is 2.57 bits per heavy atom. The number of hydrogen-bond acceptors (Lipinski definition) is 6. The molecule has 0 aliphatic rings. The van der Waals surface area contributed by atoms with Gasteiger partial charge in [-0.2, -0.15) is 5.10 Å². The lowest BCUT2D eigenvalue weighted by molar-refractivity contribution is -0.386. The van der Waals surface area contributed by atoms with Crippen LogP contribution in [0.4, 0.5) is 5.69 Å². The highest BCUT2D eigenvalue weighted by atomic mass is 16.6. The molecular formula is C13H21N3O5. The van der Waals surface area contributed by atoms with Crippen LogP contribution in [0.2, 0.25) is 0 Å². The number of carbonyl (C=O) groups is 1. The Bertz CT molecular complexity index is 512. The molecule has 0 amide bonds. The fraction of sp³-hybridized carbons (Fsp3) is 0.692. The van der Waals surface area contributed by atoms with E-state index >= 15 is 0 Å². The van der Waals surface area contributed by atoms with E-state index < -0.39 is 17.0 Å². The summed E-state index contributed by atoms with van der Waals surface area (Å²) in [7, 11) is 0. The summed E-state index contributed by atoms with van der Waals surface area (Å²) in [4.78, 5) is 22.0. The van der Waals surface area contributed by atoms with Gasteiger partial charge in [-0.25, -0.2) is 0 Å². The molecule has 0 saturated carbocycles. The Balaban J connectivity index is 2.92. The third-order valence-corrected chi connectivity index (χ3v) is 3.04. The van der Waals surface area contributed by atoms with Crippen molar-refractivity contribution in [3.05, 3.63) is 21.5 Å². The number of aryl methyl sites for hydroxylation is 1. The summed E-state index contributed by atoms with van der Waals surface area (Å²) in [5, 5.41) is 25.2. The third kappa shape index (κ3) is 4.25. The first-order chi connectivity index (χ1) is 9.94. The molecule has 0 bridgehead atoms. The van der Waals surface area contributed by atoms with Crippen molar-refractivity contribution in [2.75, 3.05) is 6.61 Å². The molecule has 0 spiro atoms. The molecule has 0 aromatic carbocycles. The largest absolute Gasteiger partial charge is 0.466 e. The zero-order valence-electron chi connectivity index (χ0n) is 12.5. The van der Waals surface area contributed by atoms with E-state index in [0.29, 0.717) is 24.2 Å². The van der Waals surface area contributed by atoms with Gasteiger partial charge in [0.2, 0.25) is 0 Å². The number of aliphatic hydroxyl groups is 1. The maximum absolute atomic E-state index is 11.3. The van der Waals surface area contributed by atoms with Gasteiger partial charge in [0.15, 0.2) is 0 Å². The molecule has 0 fully saturated rings. The first-order valence-electron chi connectivity index (χ1n) is 7.01. The maximum Gasteiger partial charge on any atom is 0.313 e. The molecule has 1 heterocycles. The number of ether oxygens (including phenoxy) is 1. The number of nitro groups is 1. The summed E-state index contributed by atoms with van der Waals surface area (Å²) in [5.74, 6) is -0.500. The summed E-state index contributed by atoms with van der Waals surface area (Å²) >= 11 is 0. The van der Waals surface area contributed by atoms with E-state index in [-0.39, 0.29) is 25.3 Å². The molecule has 1 unspecified atom stereocenters. The van der Waals surface area contributed by atoms with Crippen molar-refractivity contribution in [1.29, 1.82) is 0 Å². The predicted molar refractivity (Wildman–Crippen MR) is 74.9 cm³/mol. The molecule has 0 aliphatic carbocycles. The Morgan fingerprint density at radius 2 is 2.10 bits per heavy atom. The standard InChI is InChI=1S/C13H21N3O5/c1-4-10-13(16(19)20)11(5-2)15(14-10)8-9(17)7-12(18)21-6-3/h9,17H,4-8H2,1-3H3. The van der Waals surface area contributed by atoms with Gasteiger partial charge in [0.05, 0.1) is 30.6 Å². The minimum absolute atomic E-state index is 0.00309. The topological polar surface area (TPSA) is 107 Å². The van der Waals surface area contributed by atoms with Crippen LogP contribution in [-0.2, 0) is 28.9 Å². The molecule has 8 nitrogen and oxygen atoms in total. The zero-order valence-corrected chi connectivity index (χ0v) is 12.5. The first kappa shape index (κ1) is 17.1. The molecule has 1 aromatic rings. The van der Waals surface area contributed by atoms with Crippen LogP contribution >= 0.6 is 0 Å². The van der Waals surface area contributed by atoms with Gasteiger partial charge in [-0.05, 0) is 19.8 Å². The number of carbonyl (C=O) groups excluding carboxylic acids is 1. The number of esters is 1. The molecule has 1 aromatic heterocycles. The lowest BCUT2D eigenvalue weighted by atomic mass is 10.2. The Morgan fingerprint density at radius 1 is 1.43 bits per heavy atom. The van der Waals surface area contributed by atoms with Crippen molar-refractivity contribution in [2.45, 2.75) is 52.7 Å². The number of rotatable bonds is 8. The fourth-order valence-electron chi connectivity index (χ4n) is 2.17. The van der Waals surface area contributed by atoms with E-state index in [1.165, 1.54) is 4.68 Å². The van der Waals surface area contributed by atoms with Gasteiger partial charge < -0.3 is 9.84 Å². The van der Waals surface area contributed by atoms with Crippen LogP contribution in [0, 0.1) is 10.1 Å². The van der Waals surface area contributed by atoms with Gasteiger partial charge in [-0.1, -0.05) is 13.8 Å². The molecule has 1 N–H and O–H groups in total. The second-order valence-electron chi connectivity index (χ2n) is 4.55. The number of hydrogen-bond donors (Lipinski definition) is 1. The van der Waals surface area contributed by atoms with Gasteiger partial charge in [0.25, 0.3) is 0 Å². The number of aliphatic hydroxyl groups excluding tert-OH is 1. The van der Waals surface area contributed by atoms with Crippen molar-refractivity contribution >= 4 is 11.7 Å². The highest BCUT2D eigenvalue weighted by Crippen LogP contribution is 2.25. The van der Waals surface area contributed by atoms with Gasteiger partial charge in [0, 0.05) is 0 Å². The van der Waals surface area contributed by atoms with Crippen molar-refractivity contribution in [3.8, 4) is 0 Å². The average molecular weight is 299 g/mol. The van der Waals surface area contributed by atoms with E-state index in [4.69, 9.17) is 4.74 Å². The molecule has 8 heteroatoms. The lowest BCUT2D eigenvalue weighted by Crippen LogP contribution is -2.23. The number of aromatic nitrogens is 2. The quantitative estimate of drug-likeness (QED) is 0.439. The molecule has 0 aliphatic heterocycles. The SMILES string of the molecule is CCOC(=O)CC(O)Cn1nc(CC)c([N+](=O)[O-])c1CC. The van der Waals surface area contributed by atoms with Crippen LogP contribution < -0.4 is 0 Å². The molecule has 118 valence electrons. The molecular weight excluding hydrogens is 278 g/mol. The van der Waals surface area contributed by atoms with Crippen LogP contribution in [0.1, 0.15) is 38.6 Å². The second kappa shape index (κ2) is 7.72. The minimum Gasteiger partial charge on any atom is -0.466 e. The van der Waals surface area contributed by atoms with Gasteiger partial charge in [0.1, 0.15) is 11.4 Å². The fourth-order valence-corrected chi connectivity index (χ4v) is 2.17. The smallest absolute Gasteiger partial charge is 0.313 e. The summed E-state index contributed by atoms with van der Waals surface area (Å²) in [6.07, 6.45) is -0.287. The van der Waals surface area contributed by atoms with Crippen LogP contribution in [0.25, 0.3) is 0 Å². The maximum atomic E-state index is 11.3. The van der Waals surface area contributed by atoms with E-state index in [0.717, 1.165) is 0 Å². The van der Waals surface area contributed by atoms with E-state index in [1.807, 2.05) is 0 Å². The van der Waals surface area contributed by atoms with Gasteiger partial charge in [-0.3, -0.25) is 19.6 Å². The molecule has 1 rings (SSSR count). The van der Waals surface area contributed by atoms with Crippen molar-refractivity contribution < 1.29 is 19.6 Å². The Labute approximate surface area is 122 Å². The predicted octanol–water partition coefficient (Wildman–Crippen LogP) is 1.23. The monoisotopic (exact) mass is 299 g/mol. The van der Waals surface area contributed by atoms with Gasteiger partial charge in [-0.15, -0.1) is 0 Å². The lowest BCUT2D eigenvalue weighted by Gasteiger charge is -2.11. The normalized spacial score (nSPS) is 12.2. The second-order valence-corrected chi connectivity index (χ2v) is 4.55. The van der Waals surface area contributed by atoms with Crippen molar-refractivity contribution in [1.82, 2.24) is 9.78 Å². The first-order valence-corrected chi connectivity index (χ1v) is 7.01. The Kier molecular flexibility index (Phi) is 6.29. The van der Waals surface area contributed by atoms with Crippen LogP contribution in [-0.4, -0.2) is 38.5 Å². The summed E-state index contributed by atoms with van der Waals surface area (Å²) < 4.78 is 6.18. The van der Waals surface area contributed by atoms with Crippen molar-refractivity contribution in [3.63, 3.8) is 0 Å². The van der Waals surface area contributed by atoms with E-state index in [9.17, 15) is 20.0 Å².